The van der Waals surface area contributed by atoms with Crippen molar-refractivity contribution in [1.29, 1.82) is 0 Å². The molecule has 1 aromatic carbocycles. The number of carbonyl (C=O) groups is 1. The Morgan fingerprint density at radius 2 is 1.53 bits per heavy atom. The third kappa shape index (κ3) is 5.00. The van der Waals surface area contributed by atoms with Crippen LogP contribution in [0.4, 0.5) is 10.5 Å². The lowest BCUT2D eigenvalue weighted by Crippen LogP contribution is -2.51. The maximum Gasteiger partial charge on any atom is 0.319 e. The van der Waals surface area contributed by atoms with Crippen LogP contribution in [0.1, 0.15) is 96.6 Å². The second-order valence-electron chi connectivity index (χ2n) is 9.72. The normalized spacial score (nSPS) is 27.6. The van der Waals surface area contributed by atoms with Crippen LogP contribution in [0.25, 0.3) is 0 Å². The quantitative estimate of drug-likeness (QED) is 0.584. The zero-order valence-corrected chi connectivity index (χ0v) is 19.6. The average Bonchev–Trinajstić information content (AvgIpc) is 3.02. The van der Waals surface area contributed by atoms with E-state index in [0.717, 1.165) is 29.7 Å². The monoisotopic (exact) mass is 416 g/mol. The molecule has 168 valence electrons. The molecule has 2 amide bonds. The van der Waals surface area contributed by atoms with Gasteiger partial charge in [-0.2, -0.15) is 0 Å². The van der Waals surface area contributed by atoms with Crippen LogP contribution in [0.2, 0.25) is 0 Å². The molecule has 3 rings (SSSR count). The van der Waals surface area contributed by atoms with Crippen LogP contribution in [0.5, 0.6) is 0 Å². The fourth-order valence-corrected chi connectivity index (χ4v) is 4.87. The number of ether oxygens (including phenoxy) is 2. The van der Waals surface area contributed by atoms with E-state index < -0.39 is 5.79 Å². The summed E-state index contributed by atoms with van der Waals surface area (Å²) in [6.45, 7) is 13.1. The summed E-state index contributed by atoms with van der Waals surface area (Å²) < 4.78 is 12.7. The molecule has 30 heavy (non-hydrogen) atoms. The van der Waals surface area contributed by atoms with E-state index in [2.05, 4.69) is 70.4 Å². The standard InChI is InChI=1S/C25H40N2O3/c1-16(2)21-13-10-14-22(17(3)4)23(21)27-24(28)26-15-25(20-11-8-7-9-12-20)29-18(5)19(6)30-25/h10,13-14,16-20H,7-9,11-12,15H2,1-6H3,(H2,26,27,28)/t18-,19+,25?. The molecule has 5 heteroatoms. The molecule has 1 aliphatic heterocycles. The molecule has 0 radical (unpaired) electrons. The summed E-state index contributed by atoms with van der Waals surface area (Å²) in [7, 11) is 0. The van der Waals surface area contributed by atoms with Crippen LogP contribution in [-0.2, 0) is 9.47 Å². The van der Waals surface area contributed by atoms with Gasteiger partial charge in [0.1, 0.15) is 0 Å². The third-order valence-electron chi connectivity index (χ3n) is 6.77. The van der Waals surface area contributed by atoms with E-state index in [1.165, 1.54) is 19.3 Å². The highest BCUT2D eigenvalue weighted by Gasteiger charge is 2.49. The van der Waals surface area contributed by atoms with Gasteiger partial charge in [-0.3, -0.25) is 0 Å². The Kier molecular flexibility index (Phi) is 7.46. The minimum atomic E-state index is -0.713. The van der Waals surface area contributed by atoms with Crippen LogP contribution in [0.3, 0.4) is 0 Å². The maximum absolute atomic E-state index is 13.0. The molecule has 1 saturated carbocycles. The van der Waals surface area contributed by atoms with Crippen molar-refractivity contribution in [2.75, 3.05) is 11.9 Å². The van der Waals surface area contributed by atoms with Crippen molar-refractivity contribution in [2.24, 2.45) is 5.92 Å². The molecule has 0 aromatic heterocycles. The molecule has 3 atom stereocenters. The van der Waals surface area contributed by atoms with Gasteiger partial charge in [-0.1, -0.05) is 65.2 Å². The summed E-state index contributed by atoms with van der Waals surface area (Å²) in [4.78, 5) is 13.0. The van der Waals surface area contributed by atoms with E-state index in [9.17, 15) is 4.79 Å². The predicted molar refractivity (Wildman–Crippen MR) is 122 cm³/mol. The van der Waals surface area contributed by atoms with Crippen LogP contribution in [-0.4, -0.2) is 30.6 Å². The first-order valence-electron chi connectivity index (χ1n) is 11.8. The van der Waals surface area contributed by atoms with E-state index in [1.807, 2.05) is 0 Å². The Hall–Kier alpha value is -1.59. The molecule has 1 unspecified atom stereocenters. The van der Waals surface area contributed by atoms with Gasteiger partial charge in [0.25, 0.3) is 0 Å². The van der Waals surface area contributed by atoms with Crippen molar-refractivity contribution in [2.45, 2.75) is 103 Å². The molecular formula is C25H40N2O3. The molecule has 0 bridgehead atoms. The number of anilines is 1. The highest BCUT2D eigenvalue weighted by molar-refractivity contribution is 5.91. The molecular weight excluding hydrogens is 376 g/mol. The van der Waals surface area contributed by atoms with Gasteiger partial charge in [0.05, 0.1) is 18.8 Å². The van der Waals surface area contributed by atoms with Crippen molar-refractivity contribution >= 4 is 11.7 Å². The van der Waals surface area contributed by atoms with Gasteiger partial charge in [0.15, 0.2) is 5.79 Å². The number of benzene rings is 1. The highest BCUT2D eigenvalue weighted by atomic mass is 16.8. The molecule has 1 saturated heterocycles. The third-order valence-corrected chi connectivity index (χ3v) is 6.77. The number of amides is 2. The van der Waals surface area contributed by atoms with Gasteiger partial charge in [0, 0.05) is 11.6 Å². The molecule has 2 aliphatic rings. The number of para-hydroxylation sites is 1. The molecule has 1 aromatic rings. The number of hydrogen-bond donors (Lipinski definition) is 2. The second-order valence-corrected chi connectivity index (χ2v) is 9.72. The molecule has 2 N–H and O–H groups in total. The fourth-order valence-electron chi connectivity index (χ4n) is 4.87. The summed E-state index contributed by atoms with van der Waals surface area (Å²) in [5.41, 5.74) is 3.25. The van der Waals surface area contributed by atoms with Crippen molar-refractivity contribution in [3.8, 4) is 0 Å². The Labute approximate surface area is 182 Å². The van der Waals surface area contributed by atoms with Gasteiger partial charge < -0.3 is 20.1 Å². The van der Waals surface area contributed by atoms with Crippen LogP contribution in [0.15, 0.2) is 18.2 Å². The van der Waals surface area contributed by atoms with Gasteiger partial charge in [-0.25, -0.2) is 4.79 Å². The van der Waals surface area contributed by atoms with Crippen molar-refractivity contribution in [3.05, 3.63) is 29.3 Å². The number of rotatable bonds is 6. The Morgan fingerprint density at radius 1 is 1.00 bits per heavy atom. The zero-order chi connectivity index (χ0) is 21.9. The van der Waals surface area contributed by atoms with Gasteiger partial charge in [0.2, 0.25) is 0 Å². The van der Waals surface area contributed by atoms with Gasteiger partial charge >= 0.3 is 6.03 Å². The Balaban J connectivity index is 1.74. The van der Waals surface area contributed by atoms with E-state index in [-0.39, 0.29) is 18.2 Å². The smallest absolute Gasteiger partial charge is 0.319 e. The number of hydrogen-bond acceptors (Lipinski definition) is 3. The van der Waals surface area contributed by atoms with Gasteiger partial charge in [-0.15, -0.1) is 0 Å². The largest absolute Gasteiger partial charge is 0.342 e. The van der Waals surface area contributed by atoms with Gasteiger partial charge in [-0.05, 0) is 49.7 Å². The van der Waals surface area contributed by atoms with Crippen molar-refractivity contribution in [1.82, 2.24) is 5.32 Å². The minimum Gasteiger partial charge on any atom is -0.342 e. The predicted octanol–water partition coefficient (Wildman–Crippen LogP) is 6.16. The number of nitrogens with one attached hydrogen (secondary N) is 2. The summed E-state index contributed by atoms with van der Waals surface area (Å²) in [5, 5.41) is 6.23. The Bertz CT molecular complexity index is 689. The van der Waals surface area contributed by atoms with E-state index >= 15 is 0 Å². The zero-order valence-electron chi connectivity index (χ0n) is 19.6. The summed E-state index contributed by atoms with van der Waals surface area (Å²) in [6.07, 6.45) is 5.93. The molecule has 5 nitrogen and oxygen atoms in total. The number of urea groups is 1. The average molecular weight is 417 g/mol. The van der Waals surface area contributed by atoms with Crippen LogP contribution < -0.4 is 10.6 Å². The molecule has 1 heterocycles. The van der Waals surface area contributed by atoms with Crippen LogP contribution >= 0.6 is 0 Å². The van der Waals surface area contributed by atoms with Crippen molar-refractivity contribution < 1.29 is 14.3 Å². The van der Waals surface area contributed by atoms with E-state index in [0.29, 0.717) is 24.3 Å². The Morgan fingerprint density at radius 3 is 2.03 bits per heavy atom. The minimum absolute atomic E-state index is 0.0333. The van der Waals surface area contributed by atoms with Crippen LogP contribution in [0, 0.1) is 5.92 Å². The van der Waals surface area contributed by atoms with Crippen molar-refractivity contribution in [3.63, 3.8) is 0 Å². The van der Waals surface area contributed by atoms with E-state index in [1.54, 1.807) is 0 Å². The first kappa shape index (κ1) is 23.1. The summed E-state index contributed by atoms with van der Waals surface area (Å²) in [6, 6.07) is 6.08. The summed E-state index contributed by atoms with van der Waals surface area (Å²) in [5.74, 6) is 0.273. The topological polar surface area (TPSA) is 59.6 Å². The lowest BCUT2D eigenvalue weighted by Gasteiger charge is -2.38. The molecule has 1 aliphatic carbocycles. The van der Waals surface area contributed by atoms with E-state index in [4.69, 9.17) is 9.47 Å². The SMILES string of the molecule is CC(C)c1cccc(C(C)C)c1NC(=O)NCC1(C2CCCCC2)O[C@@H](C)[C@@H](C)O1. The highest BCUT2D eigenvalue weighted by Crippen LogP contribution is 2.41. The first-order chi connectivity index (χ1) is 14.2. The molecule has 2 fully saturated rings. The first-order valence-corrected chi connectivity index (χ1v) is 11.8. The maximum atomic E-state index is 13.0. The fraction of sp³-hybridized carbons (Fsp3) is 0.720. The molecule has 0 spiro atoms. The second kappa shape index (κ2) is 9.69. The lowest BCUT2D eigenvalue weighted by molar-refractivity contribution is -0.210. The lowest BCUT2D eigenvalue weighted by atomic mass is 9.83. The summed E-state index contributed by atoms with van der Waals surface area (Å²) >= 11 is 0. The number of carbonyl (C=O) groups excluding carboxylic acids is 1.